The average Bonchev–Trinajstić information content (AvgIpc) is 2.96. The Hall–Kier alpha value is -2.18. The number of nitrogens with one attached hydrogen (secondary N) is 1. The van der Waals surface area contributed by atoms with E-state index >= 15 is 0 Å². The van der Waals surface area contributed by atoms with Crippen molar-refractivity contribution in [2.24, 2.45) is 0 Å². The quantitative estimate of drug-likeness (QED) is 0.801. The van der Waals surface area contributed by atoms with Gasteiger partial charge in [0.05, 0.1) is 12.1 Å². The van der Waals surface area contributed by atoms with Crippen molar-refractivity contribution in [3.63, 3.8) is 0 Å². The van der Waals surface area contributed by atoms with Crippen LogP contribution in [-0.2, 0) is 6.54 Å². The minimum atomic E-state index is -0.178. The van der Waals surface area contributed by atoms with Crippen molar-refractivity contribution >= 4 is 39.1 Å². The molecule has 22 heavy (non-hydrogen) atoms. The number of aromatic amines is 1. The van der Waals surface area contributed by atoms with Gasteiger partial charge in [0.1, 0.15) is 10.5 Å². The molecule has 5 nitrogen and oxygen atoms in total. The van der Waals surface area contributed by atoms with Gasteiger partial charge in [0, 0.05) is 17.6 Å². The molecule has 1 N–H and O–H groups in total. The zero-order valence-corrected chi connectivity index (χ0v) is 13.2. The molecule has 0 saturated heterocycles. The second-order valence-corrected chi connectivity index (χ2v) is 6.17. The van der Waals surface area contributed by atoms with E-state index in [4.69, 9.17) is 11.6 Å². The second-order valence-electron chi connectivity index (χ2n) is 4.82. The third-order valence-corrected chi connectivity index (χ3v) is 4.34. The standard InChI is InChI=1S/C15H12ClN3O2S/c1-19(15(21)9-2-4-10(16)5-3-9)8-12-17-11-6-7-22-13(11)14(20)18-12/h2-7H,8H2,1H3,(H,17,18,20). The number of carbonyl (C=O) groups excluding carboxylic acids is 1. The van der Waals surface area contributed by atoms with Gasteiger partial charge in [-0.05, 0) is 35.7 Å². The Morgan fingerprint density at radius 2 is 2.05 bits per heavy atom. The van der Waals surface area contributed by atoms with Crippen molar-refractivity contribution in [2.75, 3.05) is 7.05 Å². The SMILES string of the molecule is CN(Cc1nc2ccsc2c(=O)[nH]1)C(=O)c1ccc(Cl)cc1. The van der Waals surface area contributed by atoms with Gasteiger partial charge in [0.25, 0.3) is 11.5 Å². The van der Waals surface area contributed by atoms with Crippen LogP contribution in [0.15, 0.2) is 40.5 Å². The Morgan fingerprint density at radius 1 is 1.32 bits per heavy atom. The molecule has 0 unspecified atom stereocenters. The van der Waals surface area contributed by atoms with Crippen molar-refractivity contribution in [3.05, 3.63) is 62.5 Å². The number of halogens is 1. The van der Waals surface area contributed by atoms with Gasteiger partial charge in [-0.1, -0.05) is 11.6 Å². The molecule has 2 heterocycles. The number of benzene rings is 1. The van der Waals surface area contributed by atoms with Crippen LogP contribution in [0.1, 0.15) is 16.2 Å². The van der Waals surface area contributed by atoms with Crippen LogP contribution in [0.5, 0.6) is 0 Å². The van der Waals surface area contributed by atoms with Crippen molar-refractivity contribution in [2.45, 2.75) is 6.54 Å². The maximum atomic E-state index is 12.3. The lowest BCUT2D eigenvalue weighted by Crippen LogP contribution is -2.28. The first-order valence-corrected chi connectivity index (χ1v) is 7.78. The number of amides is 1. The maximum absolute atomic E-state index is 12.3. The summed E-state index contributed by atoms with van der Waals surface area (Å²) in [6.07, 6.45) is 0. The molecule has 0 atom stereocenters. The van der Waals surface area contributed by atoms with Crippen molar-refractivity contribution < 1.29 is 4.79 Å². The molecule has 7 heteroatoms. The predicted molar refractivity (Wildman–Crippen MR) is 87.5 cm³/mol. The third kappa shape index (κ3) is 2.88. The van der Waals surface area contributed by atoms with Gasteiger partial charge in [-0.2, -0.15) is 0 Å². The molecule has 0 bridgehead atoms. The van der Waals surface area contributed by atoms with Gasteiger partial charge in [-0.3, -0.25) is 9.59 Å². The van der Waals surface area contributed by atoms with E-state index in [1.807, 2.05) is 5.38 Å². The van der Waals surface area contributed by atoms with Crippen molar-refractivity contribution in [1.29, 1.82) is 0 Å². The first-order chi connectivity index (χ1) is 10.5. The van der Waals surface area contributed by atoms with Gasteiger partial charge in [0.2, 0.25) is 0 Å². The number of nitrogens with zero attached hydrogens (tertiary/aromatic N) is 2. The predicted octanol–water partition coefficient (Wildman–Crippen LogP) is 2.91. The van der Waals surface area contributed by atoms with Gasteiger partial charge >= 0.3 is 0 Å². The number of hydrogen-bond donors (Lipinski definition) is 1. The third-order valence-electron chi connectivity index (χ3n) is 3.19. The molecule has 3 rings (SSSR count). The minimum Gasteiger partial charge on any atom is -0.334 e. The molecule has 2 aromatic heterocycles. The van der Waals surface area contributed by atoms with Crippen LogP contribution in [0, 0.1) is 0 Å². The van der Waals surface area contributed by atoms with Crippen molar-refractivity contribution in [3.8, 4) is 0 Å². The van der Waals surface area contributed by atoms with Crippen LogP contribution < -0.4 is 5.56 Å². The van der Waals surface area contributed by atoms with Crippen LogP contribution in [0.4, 0.5) is 0 Å². The molecule has 0 aliphatic rings. The summed E-state index contributed by atoms with van der Waals surface area (Å²) in [6, 6.07) is 8.46. The van der Waals surface area contributed by atoms with Crippen molar-refractivity contribution in [1.82, 2.24) is 14.9 Å². The first-order valence-electron chi connectivity index (χ1n) is 6.52. The Kier molecular flexibility index (Phi) is 3.96. The van der Waals surface area contributed by atoms with E-state index in [1.165, 1.54) is 16.2 Å². The number of aromatic nitrogens is 2. The molecule has 0 spiro atoms. The Balaban J connectivity index is 1.83. The number of hydrogen-bond acceptors (Lipinski definition) is 4. The molecule has 1 aromatic carbocycles. The van der Waals surface area contributed by atoms with Gasteiger partial charge in [-0.25, -0.2) is 4.98 Å². The fourth-order valence-corrected chi connectivity index (χ4v) is 2.96. The lowest BCUT2D eigenvalue weighted by molar-refractivity contribution is 0.0781. The summed E-state index contributed by atoms with van der Waals surface area (Å²) in [7, 11) is 1.66. The highest BCUT2D eigenvalue weighted by Crippen LogP contribution is 2.15. The van der Waals surface area contributed by atoms with Gasteiger partial charge in [-0.15, -0.1) is 11.3 Å². The summed E-state index contributed by atoms with van der Waals surface area (Å²) in [4.78, 5) is 32.8. The summed E-state index contributed by atoms with van der Waals surface area (Å²) >= 11 is 7.16. The van der Waals surface area contributed by atoms with Crippen LogP contribution in [0.2, 0.25) is 5.02 Å². The summed E-state index contributed by atoms with van der Waals surface area (Å²) < 4.78 is 0.593. The summed E-state index contributed by atoms with van der Waals surface area (Å²) in [5.74, 6) is 0.297. The number of H-pyrrole nitrogens is 1. The lowest BCUT2D eigenvalue weighted by atomic mass is 10.2. The first kappa shape index (κ1) is 14.7. The molecule has 0 radical (unpaired) electrons. The van der Waals surface area contributed by atoms with Gasteiger partial charge in [0.15, 0.2) is 0 Å². The fraction of sp³-hybridized carbons (Fsp3) is 0.133. The molecule has 0 aliphatic carbocycles. The van der Waals surface area contributed by atoms with E-state index < -0.39 is 0 Å². The van der Waals surface area contributed by atoms with E-state index in [1.54, 1.807) is 37.4 Å². The average molecular weight is 334 g/mol. The van der Waals surface area contributed by atoms with Crippen LogP contribution in [0.25, 0.3) is 10.2 Å². The largest absolute Gasteiger partial charge is 0.334 e. The topological polar surface area (TPSA) is 66.1 Å². The van der Waals surface area contributed by atoms with E-state index in [0.29, 0.717) is 26.6 Å². The molecule has 3 aromatic rings. The smallest absolute Gasteiger partial charge is 0.268 e. The molecule has 112 valence electrons. The number of fused-ring (bicyclic) bond motifs is 1. The highest BCUT2D eigenvalue weighted by molar-refractivity contribution is 7.17. The molecule has 0 saturated carbocycles. The molecule has 0 aliphatic heterocycles. The Bertz CT molecular complexity index is 886. The fourth-order valence-electron chi connectivity index (χ4n) is 2.11. The monoisotopic (exact) mass is 333 g/mol. The van der Waals surface area contributed by atoms with E-state index in [-0.39, 0.29) is 18.0 Å². The summed E-state index contributed by atoms with van der Waals surface area (Å²) in [5, 5.41) is 2.40. The highest BCUT2D eigenvalue weighted by Gasteiger charge is 2.14. The number of thiophene rings is 1. The van der Waals surface area contributed by atoms with Gasteiger partial charge < -0.3 is 9.88 Å². The molecule has 1 amide bonds. The summed E-state index contributed by atoms with van der Waals surface area (Å²) in [6.45, 7) is 0.225. The van der Waals surface area contributed by atoms with E-state index in [9.17, 15) is 9.59 Å². The van der Waals surface area contributed by atoms with Crippen LogP contribution >= 0.6 is 22.9 Å². The Labute approximate surface area is 135 Å². The minimum absolute atomic E-state index is 0.162. The maximum Gasteiger partial charge on any atom is 0.268 e. The zero-order chi connectivity index (χ0) is 15.7. The zero-order valence-electron chi connectivity index (χ0n) is 11.7. The highest BCUT2D eigenvalue weighted by atomic mass is 35.5. The lowest BCUT2D eigenvalue weighted by Gasteiger charge is -2.16. The van der Waals surface area contributed by atoms with E-state index in [0.717, 1.165) is 0 Å². The van der Waals surface area contributed by atoms with E-state index in [2.05, 4.69) is 9.97 Å². The Morgan fingerprint density at radius 3 is 2.77 bits per heavy atom. The normalized spacial score (nSPS) is 10.8. The number of rotatable bonds is 3. The molecular weight excluding hydrogens is 322 g/mol. The molecule has 0 fully saturated rings. The van der Waals surface area contributed by atoms with Crippen LogP contribution in [-0.4, -0.2) is 27.8 Å². The van der Waals surface area contributed by atoms with Crippen LogP contribution in [0.3, 0.4) is 0 Å². The number of carbonyl (C=O) groups is 1. The summed E-state index contributed by atoms with van der Waals surface area (Å²) in [5.41, 5.74) is 1.00. The molecular formula is C15H12ClN3O2S. The second kappa shape index (κ2) is 5.90.